The molecule has 0 bridgehead atoms. The van der Waals surface area contributed by atoms with Gasteiger partial charge in [-0.15, -0.1) is 6.58 Å². The molecule has 0 heterocycles. The van der Waals surface area contributed by atoms with Gasteiger partial charge in [0.15, 0.2) is 6.10 Å². The van der Waals surface area contributed by atoms with Crippen molar-refractivity contribution in [3.63, 3.8) is 0 Å². The predicted molar refractivity (Wildman–Crippen MR) is 99.5 cm³/mol. The van der Waals surface area contributed by atoms with Gasteiger partial charge in [0.1, 0.15) is 0 Å². The summed E-state index contributed by atoms with van der Waals surface area (Å²) in [5, 5.41) is 6.16. The predicted octanol–water partition coefficient (Wildman–Crippen LogP) is 3.84. The molecule has 0 aromatic heterocycles. The van der Waals surface area contributed by atoms with Crippen LogP contribution in [0.5, 0.6) is 0 Å². The Balaban J connectivity index is 2.02. The first-order chi connectivity index (χ1) is 12.1. The van der Waals surface area contributed by atoms with Crippen LogP contribution in [0.1, 0.15) is 17.3 Å². The molecular formula is C21H19NO3. The van der Waals surface area contributed by atoms with Gasteiger partial charge in [0.05, 0.1) is 5.56 Å². The van der Waals surface area contributed by atoms with Crippen LogP contribution in [0.4, 0.5) is 0 Å². The lowest BCUT2D eigenvalue weighted by Gasteiger charge is -2.15. The highest BCUT2D eigenvalue weighted by Gasteiger charge is 2.21. The molecule has 4 heteroatoms. The van der Waals surface area contributed by atoms with Gasteiger partial charge in [0.2, 0.25) is 0 Å². The van der Waals surface area contributed by atoms with Gasteiger partial charge in [-0.05, 0) is 34.5 Å². The topological polar surface area (TPSA) is 55.4 Å². The molecule has 0 spiro atoms. The van der Waals surface area contributed by atoms with Crippen LogP contribution in [0.25, 0.3) is 21.5 Å². The molecule has 3 aromatic rings. The van der Waals surface area contributed by atoms with Crippen molar-refractivity contribution in [3.8, 4) is 0 Å². The van der Waals surface area contributed by atoms with Crippen LogP contribution < -0.4 is 5.32 Å². The molecule has 0 aliphatic carbocycles. The second kappa shape index (κ2) is 7.18. The second-order valence-corrected chi connectivity index (χ2v) is 5.78. The number of carbonyl (C=O) groups excluding carboxylic acids is 2. The third-order valence-corrected chi connectivity index (χ3v) is 4.05. The van der Waals surface area contributed by atoms with Gasteiger partial charge in [-0.3, -0.25) is 4.79 Å². The third-order valence-electron chi connectivity index (χ3n) is 4.05. The van der Waals surface area contributed by atoms with Crippen LogP contribution in [0.15, 0.2) is 67.3 Å². The summed E-state index contributed by atoms with van der Waals surface area (Å²) in [5.74, 6) is -0.855. The van der Waals surface area contributed by atoms with Crippen LogP contribution in [0.3, 0.4) is 0 Å². The fourth-order valence-corrected chi connectivity index (χ4v) is 2.82. The quantitative estimate of drug-likeness (QED) is 0.438. The van der Waals surface area contributed by atoms with Crippen molar-refractivity contribution in [1.29, 1.82) is 0 Å². The van der Waals surface area contributed by atoms with E-state index in [1.807, 2.05) is 54.6 Å². The number of hydrogen-bond acceptors (Lipinski definition) is 3. The summed E-state index contributed by atoms with van der Waals surface area (Å²) in [5.41, 5.74) is 0.483. The molecule has 3 aromatic carbocycles. The smallest absolute Gasteiger partial charge is 0.340 e. The van der Waals surface area contributed by atoms with Gasteiger partial charge in [0.25, 0.3) is 5.91 Å². The minimum Gasteiger partial charge on any atom is -0.449 e. The Bertz CT molecular complexity index is 908. The van der Waals surface area contributed by atoms with E-state index >= 15 is 0 Å². The monoisotopic (exact) mass is 333 g/mol. The number of ether oxygens (including phenoxy) is 1. The summed E-state index contributed by atoms with van der Waals surface area (Å²) in [6, 6.07) is 17.4. The lowest BCUT2D eigenvalue weighted by molar-refractivity contribution is -0.128. The van der Waals surface area contributed by atoms with E-state index in [1.165, 1.54) is 0 Å². The maximum Gasteiger partial charge on any atom is 0.340 e. The van der Waals surface area contributed by atoms with Crippen LogP contribution >= 0.6 is 0 Å². The highest BCUT2D eigenvalue weighted by Crippen LogP contribution is 2.29. The van der Waals surface area contributed by atoms with Gasteiger partial charge in [0, 0.05) is 6.54 Å². The molecule has 0 fully saturated rings. The minimum absolute atomic E-state index is 0.331. The van der Waals surface area contributed by atoms with Crippen LogP contribution in [-0.2, 0) is 9.53 Å². The maximum atomic E-state index is 12.8. The van der Waals surface area contributed by atoms with E-state index in [2.05, 4.69) is 11.9 Å². The van der Waals surface area contributed by atoms with Gasteiger partial charge >= 0.3 is 5.97 Å². The third kappa shape index (κ3) is 3.38. The highest BCUT2D eigenvalue weighted by atomic mass is 16.5. The molecule has 1 atom stereocenters. The molecule has 0 radical (unpaired) electrons. The summed E-state index contributed by atoms with van der Waals surface area (Å²) < 4.78 is 5.43. The average Bonchev–Trinajstić information content (AvgIpc) is 2.63. The molecule has 1 unspecified atom stereocenters. The number of amides is 1. The van der Waals surface area contributed by atoms with E-state index in [-0.39, 0.29) is 5.91 Å². The molecule has 4 nitrogen and oxygen atoms in total. The SMILES string of the molecule is C=CCNC(=O)C(C)OC(=O)c1c2ccccc2cc2ccccc12. The summed E-state index contributed by atoms with van der Waals surface area (Å²) >= 11 is 0. The summed E-state index contributed by atoms with van der Waals surface area (Å²) in [7, 11) is 0. The molecule has 0 saturated carbocycles. The number of carbonyl (C=O) groups is 2. The zero-order chi connectivity index (χ0) is 17.8. The molecule has 25 heavy (non-hydrogen) atoms. The van der Waals surface area contributed by atoms with Gasteiger partial charge in [-0.1, -0.05) is 54.6 Å². The zero-order valence-corrected chi connectivity index (χ0v) is 14.0. The molecule has 1 N–H and O–H groups in total. The number of esters is 1. The van der Waals surface area contributed by atoms with E-state index in [1.54, 1.807) is 13.0 Å². The van der Waals surface area contributed by atoms with Crippen LogP contribution in [0.2, 0.25) is 0 Å². The maximum absolute atomic E-state index is 12.8. The number of benzene rings is 3. The van der Waals surface area contributed by atoms with E-state index in [0.717, 1.165) is 21.5 Å². The van der Waals surface area contributed by atoms with Crippen molar-refractivity contribution in [2.24, 2.45) is 0 Å². The summed E-state index contributed by atoms with van der Waals surface area (Å²) in [4.78, 5) is 24.8. The van der Waals surface area contributed by atoms with Crippen LogP contribution in [0, 0.1) is 0 Å². The molecular weight excluding hydrogens is 314 g/mol. The van der Waals surface area contributed by atoms with E-state index in [0.29, 0.717) is 12.1 Å². The Hall–Kier alpha value is -3.14. The summed E-state index contributed by atoms with van der Waals surface area (Å²) in [6.45, 7) is 5.44. The molecule has 0 aliphatic rings. The number of fused-ring (bicyclic) bond motifs is 2. The standard InChI is InChI=1S/C21H19NO3/c1-3-12-22-20(23)14(2)25-21(24)19-17-10-6-4-8-15(17)13-16-9-5-7-11-18(16)19/h3-11,13-14H,1,12H2,2H3,(H,22,23). The fraction of sp³-hybridized carbons (Fsp3) is 0.143. The van der Waals surface area contributed by atoms with Gasteiger partial charge in [-0.2, -0.15) is 0 Å². The number of nitrogens with one attached hydrogen (secondary N) is 1. The Kier molecular flexibility index (Phi) is 4.80. The Morgan fingerprint density at radius 2 is 1.64 bits per heavy atom. The van der Waals surface area contributed by atoms with E-state index in [4.69, 9.17) is 4.74 Å². The number of rotatable bonds is 5. The molecule has 0 aliphatic heterocycles. The largest absolute Gasteiger partial charge is 0.449 e. The molecule has 1 amide bonds. The first-order valence-corrected chi connectivity index (χ1v) is 8.12. The van der Waals surface area contributed by atoms with Gasteiger partial charge < -0.3 is 10.1 Å². The zero-order valence-electron chi connectivity index (χ0n) is 14.0. The molecule has 0 saturated heterocycles. The fourth-order valence-electron chi connectivity index (χ4n) is 2.82. The Morgan fingerprint density at radius 3 is 2.20 bits per heavy atom. The van der Waals surface area contributed by atoms with Crippen molar-refractivity contribution >= 4 is 33.4 Å². The highest BCUT2D eigenvalue weighted by molar-refractivity contribution is 6.16. The lowest BCUT2D eigenvalue weighted by Crippen LogP contribution is -2.35. The summed E-state index contributed by atoms with van der Waals surface area (Å²) in [6.07, 6.45) is 0.690. The normalized spacial score (nSPS) is 11.9. The van der Waals surface area contributed by atoms with Crippen molar-refractivity contribution in [3.05, 3.63) is 72.8 Å². The first kappa shape index (κ1) is 16.7. The Morgan fingerprint density at radius 1 is 1.08 bits per heavy atom. The number of hydrogen-bond donors (Lipinski definition) is 1. The van der Waals surface area contributed by atoms with Crippen molar-refractivity contribution in [2.45, 2.75) is 13.0 Å². The van der Waals surface area contributed by atoms with Crippen LogP contribution in [-0.4, -0.2) is 24.5 Å². The minimum atomic E-state index is -0.884. The first-order valence-electron chi connectivity index (χ1n) is 8.12. The van der Waals surface area contributed by atoms with Crippen molar-refractivity contribution in [2.75, 3.05) is 6.54 Å². The molecule has 126 valence electrons. The lowest BCUT2D eigenvalue weighted by atomic mass is 9.97. The van der Waals surface area contributed by atoms with Crippen molar-refractivity contribution in [1.82, 2.24) is 5.32 Å². The van der Waals surface area contributed by atoms with Gasteiger partial charge in [-0.25, -0.2) is 4.79 Å². The molecule has 3 rings (SSSR count). The van der Waals surface area contributed by atoms with E-state index < -0.39 is 12.1 Å². The Labute approximate surface area is 146 Å². The van der Waals surface area contributed by atoms with Crippen molar-refractivity contribution < 1.29 is 14.3 Å². The average molecular weight is 333 g/mol. The second-order valence-electron chi connectivity index (χ2n) is 5.78. The van der Waals surface area contributed by atoms with E-state index in [9.17, 15) is 9.59 Å².